The molecule has 6 nitrogen and oxygen atoms in total. The fourth-order valence-corrected chi connectivity index (χ4v) is 3.90. The summed E-state index contributed by atoms with van der Waals surface area (Å²) < 4.78 is 30.1. The van der Waals surface area contributed by atoms with Gasteiger partial charge in [-0.3, -0.25) is 4.79 Å². The lowest BCUT2D eigenvalue weighted by Crippen LogP contribution is -2.13. The average Bonchev–Trinajstić information content (AvgIpc) is 2.71. The number of carbonyl (C=O) groups excluding carboxylic acids is 1. The van der Waals surface area contributed by atoms with Gasteiger partial charge >= 0.3 is 5.97 Å². The summed E-state index contributed by atoms with van der Waals surface area (Å²) in [7, 11) is 1.11. The smallest absolute Gasteiger partial charge is 0.335 e. The second kappa shape index (κ2) is 8.69. The lowest BCUT2D eigenvalue weighted by Gasteiger charge is -2.15. The monoisotopic (exact) mass is 444 g/mol. The maximum Gasteiger partial charge on any atom is 0.335 e. The highest BCUT2D eigenvalue weighted by Crippen LogP contribution is 2.33. The minimum atomic E-state index is -4.45. The van der Waals surface area contributed by atoms with Crippen LogP contribution in [0, 0.1) is 6.92 Å². The van der Waals surface area contributed by atoms with Gasteiger partial charge in [-0.2, -0.15) is 0 Å². The third-order valence-corrected chi connectivity index (χ3v) is 5.70. The Balaban J connectivity index is 2.18. The van der Waals surface area contributed by atoms with Crippen molar-refractivity contribution in [3.05, 3.63) is 94.5 Å². The van der Waals surface area contributed by atoms with Gasteiger partial charge in [0.15, 0.2) is 5.78 Å². The molecule has 0 aliphatic rings. The van der Waals surface area contributed by atoms with E-state index < -0.39 is 25.7 Å². The summed E-state index contributed by atoms with van der Waals surface area (Å²) in [5.74, 6) is -2.20. The van der Waals surface area contributed by atoms with Gasteiger partial charge in [-0.1, -0.05) is 60.2 Å². The average molecular weight is 445 g/mol. The van der Waals surface area contributed by atoms with Crippen LogP contribution in [0.1, 0.15) is 37.4 Å². The zero-order valence-corrected chi connectivity index (χ0v) is 17.4. The molecule has 0 aromatic heterocycles. The highest BCUT2D eigenvalue weighted by molar-refractivity contribution is 8.13. The van der Waals surface area contributed by atoms with Crippen LogP contribution in [0.3, 0.4) is 0 Å². The standard InChI is InChI=1S/C22H17ClO6S/c1-14-7-9-16(10-8-14)21(24)20-18(29-13-15-5-3-2-4-6-15)11-17(22(25)26)12-19(20)30(23,27)28/h2-12H,13H2,1H3,(H,25,26). The van der Waals surface area contributed by atoms with Crippen molar-refractivity contribution >= 4 is 31.5 Å². The van der Waals surface area contributed by atoms with Crippen LogP contribution in [0.25, 0.3) is 0 Å². The number of hydrogen-bond acceptors (Lipinski definition) is 5. The summed E-state index contributed by atoms with van der Waals surface area (Å²) in [4.78, 5) is 24.1. The molecule has 1 N–H and O–H groups in total. The lowest BCUT2D eigenvalue weighted by atomic mass is 9.99. The van der Waals surface area contributed by atoms with Crippen molar-refractivity contribution in [2.75, 3.05) is 0 Å². The summed E-state index contributed by atoms with van der Waals surface area (Å²) in [5.41, 5.74) is 1.21. The van der Waals surface area contributed by atoms with E-state index >= 15 is 0 Å². The summed E-state index contributed by atoms with van der Waals surface area (Å²) >= 11 is 0. The molecule has 8 heteroatoms. The zero-order valence-electron chi connectivity index (χ0n) is 15.8. The molecule has 0 amide bonds. The Bertz CT molecular complexity index is 1200. The molecule has 154 valence electrons. The molecule has 0 unspecified atom stereocenters. The molecule has 0 saturated heterocycles. The molecule has 0 aliphatic heterocycles. The molecule has 0 radical (unpaired) electrons. The Kier molecular flexibility index (Phi) is 6.24. The largest absolute Gasteiger partial charge is 0.488 e. The summed E-state index contributed by atoms with van der Waals surface area (Å²) in [6.45, 7) is 1.85. The summed E-state index contributed by atoms with van der Waals surface area (Å²) in [5, 5.41) is 9.38. The molecule has 0 aliphatic carbocycles. The van der Waals surface area contributed by atoms with E-state index in [1.54, 1.807) is 48.5 Å². The molecule has 0 spiro atoms. The van der Waals surface area contributed by atoms with Crippen LogP contribution in [0.2, 0.25) is 0 Å². The first kappa shape index (κ1) is 21.5. The van der Waals surface area contributed by atoms with Gasteiger partial charge in [0.25, 0.3) is 9.05 Å². The number of rotatable bonds is 7. The molecule has 0 saturated carbocycles. The normalized spacial score (nSPS) is 11.1. The van der Waals surface area contributed by atoms with Gasteiger partial charge in [0.2, 0.25) is 0 Å². The minimum absolute atomic E-state index is 0.000135. The van der Waals surface area contributed by atoms with E-state index in [0.29, 0.717) is 0 Å². The minimum Gasteiger partial charge on any atom is -0.488 e. The number of ketones is 1. The van der Waals surface area contributed by atoms with Crippen LogP contribution in [0.15, 0.2) is 71.6 Å². The van der Waals surface area contributed by atoms with Crippen LogP contribution in [0.4, 0.5) is 0 Å². The zero-order chi connectivity index (χ0) is 21.9. The van der Waals surface area contributed by atoms with Gasteiger partial charge < -0.3 is 9.84 Å². The van der Waals surface area contributed by atoms with Crippen LogP contribution < -0.4 is 4.74 Å². The summed E-state index contributed by atoms with van der Waals surface area (Å²) in [6.07, 6.45) is 0. The number of benzene rings is 3. The second-order valence-corrected chi connectivity index (χ2v) is 9.09. The van der Waals surface area contributed by atoms with E-state index in [9.17, 15) is 23.1 Å². The van der Waals surface area contributed by atoms with E-state index in [-0.39, 0.29) is 29.0 Å². The van der Waals surface area contributed by atoms with E-state index in [4.69, 9.17) is 15.4 Å². The highest BCUT2D eigenvalue weighted by atomic mass is 35.7. The van der Waals surface area contributed by atoms with E-state index in [2.05, 4.69) is 0 Å². The van der Waals surface area contributed by atoms with Crippen LogP contribution in [0.5, 0.6) is 5.75 Å². The van der Waals surface area contributed by atoms with Crippen LogP contribution >= 0.6 is 10.7 Å². The van der Waals surface area contributed by atoms with Crippen molar-refractivity contribution in [2.45, 2.75) is 18.4 Å². The maximum atomic E-state index is 13.2. The van der Waals surface area contributed by atoms with Crippen molar-refractivity contribution in [3.63, 3.8) is 0 Å². The number of carboxylic acid groups (broad SMARTS) is 1. The maximum absolute atomic E-state index is 13.2. The van der Waals surface area contributed by atoms with E-state index in [1.165, 1.54) is 0 Å². The molecule has 0 bridgehead atoms. The molecule has 3 aromatic rings. The second-order valence-electron chi connectivity index (χ2n) is 6.56. The molecule has 3 rings (SSSR count). The van der Waals surface area contributed by atoms with E-state index in [0.717, 1.165) is 23.3 Å². The first-order valence-electron chi connectivity index (χ1n) is 8.81. The SMILES string of the molecule is Cc1ccc(C(=O)c2c(OCc3ccccc3)cc(C(=O)O)cc2S(=O)(=O)Cl)cc1. The Morgan fingerprint density at radius 3 is 2.17 bits per heavy atom. The fourth-order valence-electron chi connectivity index (χ4n) is 2.83. The predicted octanol–water partition coefficient (Wildman–Crippen LogP) is 4.43. The van der Waals surface area contributed by atoms with Crippen LogP contribution in [-0.4, -0.2) is 25.3 Å². The molecule has 3 aromatic carbocycles. The first-order valence-corrected chi connectivity index (χ1v) is 11.1. The number of aromatic carboxylic acids is 1. The highest BCUT2D eigenvalue weighted by Gasteiger charge is 2.28. The van der Waals surface area contributed by atoms with Crippen molar-refractivity contribution in [1.29, 1.82) is 0 Å². The fraction of sp³-hybridized carbons (Fsp3) is 0.0909. The van der Waals surface area contributed by atoms with Gasteiger partial charge in [0.1, 0.15) is 12.4 Å². The molecule has 30 heavy (non-hydrogen) atoms. The Hall–Kier alpha value is -3.16. The molecular formula is C22H17ClO6S. The Morgan fingerprint density at radius 1 is 0.967 bits per heavy atom. The lowest BCUT2D eigenvalue weighted by molar-refractivity contribution is 0.0695. The number of carboxylic acids is 1. The third-order valence-electron chi connectivity index (χ3n) is 4.35. The molecule has 0 atom stereocenters. The van der Waals surface area contributed by atoms with Gasteiger partial charge in [-0.05, 0) is 24.6 Å². The van der Waals surface area contributed by atoms with Gasteiger partial charge in [-0.25, -0.2) is 13.2 Å². The van der Waals surface area contributed by atoms with Crippen LogP contribution in [-0.2, 0) is 15.7 Å². The molecule has 0 heterocycles. The van der Waals surface area contributed by atoms with Gasteiger partial charge in [-0.15, -0.1) is 0 Å². The third kappa shape index (κ3) is 4.87. The number of halogens is 1. The topological polar surface area (TPSA) is 97.7 Å². The summed E-state index contributed by atoms with van der Waals surface area (Å²) in [6, 6.07) is 17.5. The number of hydrogen-bond donors (Lipinski definition) is 1. The quantitative estimate of drug-likeness (QED) is 0.427. The van der Waals surface area contributed by atoms with Crippen molar-refractivity contribution < 1.29 is 27.9 Å². The molecule has 0 fully saturated rings. The number of carbonyl (C=O) groups is 2. The Labute approximate surface area is 178 Å². The van der Waals surface area contributed by atoms with Crippen molar-refractivity contribution in [1.82, 2.24) is 0 Å². The number of aryl methyl sites for hydroxylation is 1. The van der Waals surface area contributed by atoms with Crippen molar-refractivity contribution in [3.8, 4) is 5.75 Å². The molecular weight excluding hydrogens is 428 g/mol. The Morgan fingerprint density at radius 2 is 1.60 bits per heavy atom. The number of ether oxygens (including phenoxy) is 1. The predicted molar refractivity (Wildman–Crippen MR) is 112 cm³/mol. The first-order chi connectivity index (χ1) is 14.2. The van der Waals surface area contributed by atoms with Gasteiger partial charge in [0.05, 0.1) is 16.0 Å². The van der Waals surface area contributed by atoms with Gasteiger partial charge in [0, 0.05) is 16.2 Å². The van der Waals surface area contributed by atoms with Crippen molar-refractivity contribution in [2.24, 2.45) is 0 Å². The van der Waals surface area contributed by atoms with E-state index in [1.807, 2.05) is 13.0 Å².